The number of aromatic carboxylic acids is 1. The molecule has 0 spiro atoms. The third-order valence-corrected chi connectivity index (χ3v) is 2.35. The first-order valence-corrected chi connectivity index (χ1v) is 5.19. The molecule has 0 fully saturated rings. The Labute approximate surface area is 102 Å². The van der Waals surface area contributed by atoms with E-state index in [1.165, 1.54) is 12.1 Å². The minimum atomic E-state index is -1.28. The molecule has 6 heteroatoms. The molecule has 1 N–H and O–H groups in total. The highest BCUT2D eigenvalue weighted by molar-refractivity contribution is 5.87. The Balaban J connectivity index is 2.06. The molecule has 1 heterocycles. The lowest BCUT2D eigenvalue weighted by molar-refractivity contribution is 0.0692. The zero-order valence-corrected chi connectivity index (χ0v) is 9.63. The number of rotatable bonds is 4. The van der Waals surface area contributed by atoms with Crippen LogP contribution in [0, 0.1) is 5.82 Å². The first-order chi connectivity index (χ1) is 8.56. The van der Waals surface area contributed by atoms with Crippen LogP contribution in [0.1, 0.15) is 15.9 Å². The van der Waals surface area contributed by atoms with Crippen LogP contribution < -0.4 is 4.74 Å². The molecule has 0 saturated heterocycles. The van der Waals surface area contributed by atoms with Crippen LogP contribution in [0.3, 0.4) is 0 Å². The first-order valence-electron chi connectivity index (χ1n) is 5.19. The second-order valence-electron chi connectivity index (χ2n) is 3.76. The molecule has 0 bridgehead atoms. The SMILES string of the molecule is Cn1cc(OCc2ccc(C(=O)O)c(F)c2)cn1. The molecule has 0 aliphatic rings. The van der Waals surface area contributed by atoms with Crippen molar-refractivity contribution in [2.24, 2.45) is 7.05 Å². The number of carboxylic acid groups (broad SMARTS) is 1. The van der Waals surface area contributed by atoms with Gasteiger partial charge in [0.1, 0.15) is 12.4 Å². The van der Waals surface area contributed by atoms with E-state index in [0.717, 1.165) is 6.07 Å². The van der Waals surface area contributed by atoms with Crippen molar-refractivity contribution >= 4 is 5.97 Å². The van der Waals surface area contributed by atoms with E-state index in [9.17, 15) is 9.18 Å². The molecule has 1 aromatic heterocycles. The standard InChI is InChI=1S/C12H11FN2O3/c1-15-6-9(5-14-15)18-7-8-2-3-10(12(16)17)11(13)4-8/h2-6H,7H2,1H3,(H,16,17). The van der Waals surface area contributed by atoms with Crippen molar-refractivity contribution in [1.82, 2.24) is 9.78 Å². The molecule has 1 aromatic carbocycles. The normalized spacial score (nSPS) is 10.3. The van der Waals surface area contributed by atoms with E-state index in [1.807, 2.05) is 0 Å². The van der Waals surface area contributed by atoms with Crippen molar-refractivity contribution in [1.29, 1.82) is 0 Å². The molecule has 94 valence electrons. The van der Waals surface area contributed by atoms with Crippen molar-refractivity contribution in [3.05, 3.63) is 47.5 Å². The number of benzene rings is 1. The van der Waals surface area contributed by atoms with Gasteiger partial charge in [-0.1, -0.05) is 6.07 Å². The summed E-state index contributed by atoms with van der Waals surface area (Å²) in [5, 5.41) is 12.6. The van der Waals surface area contributed by atoms with E-state index in [-0.39, 0.29) is 12.2 Å². The van der Waals surface area contributed by atoms with E-state index in [4.69, 9.17) is 9.84 Å². The van der Waals surface area contributed by atoms with Crippen molar-refractivity contribution in [2.45, 2.75) is 6.61 Å². The Morgan fingerprint density at radius 1 is 1.56 bits per heavy atom. The van der Waals surface area contributed by atoms with E-state index in [0.29, 0.717) is 11.3 Å². The molecule has 0 amide bonds. The molecule has 18 heavy (non-hydrogen) atoms. The molecule has 5 nitrogen and oxygen atoms in total. The van der Waals surface area contributed by atoms with Gasteiger partial charge >= 0.3 is 5.97 Å². The molecule has 0 saturated carbocycles. The number of halogens is 1. The van der Waals surface area contributed by atoms with Crippen LogP contribution in [-0.2, 0) is 13.7 Å². The van der Waals surface area contributed by atoms with Gasteiger partial charge in [0.25, 0.3) is 0 Å². The molecule has 0 radical (unpaired) electrons. The summed E-state index contributed by atoms with van der Waals surface area (Å²) in [5.74, 6) is -1.48. The number of ether oxygens (including phenoxy) is 1. The van der Waals surface area contributed by atoms with Gasteiger partial charge in [0, 0.05) is 7.05 Å². The third kappa shape index (κ3) is 2.65. The van der Waals surface area contributed by atoms with Gasteiger partial charge < -0.3 is 9.84 Å². The van der Waals surface area contributed by atoms with Crippen molar-refractivity contribution in [2.75, 3.05) is 0 Å². The molecule has 0 unspecified atom stereocenters. The number of hydrogen-bond acceptors (Lipinski definition) is 3. The van der Waals surface area contributed by atoms with Crippen molar-refractivity contribution in [3.63, 3.8) is 0 Å². The number of carbonyl (C=O) groups is 1. The smallest absolute Gasteiger partial charge is 0.338 e. The van der Waals surface area contributed by atoms with Crippen LogP contribution in [-0.4, -0.2) is 20.9 Å². The Kier molecular flexibility index (Phi) is 3.27. The third-order valence-electron chi connectivity index (χ3n) is 2.35. The summed E-state index contributed by atoms with van der Waals surface area (Å²) >= 11 is 0. The number of nitrogens with zero attached hydrogens (tertiary/aromatic N) is 2. The maximum absolute atomic E-state index is 13.4. The van der Waals surface area contributed by atoms with Crippen LogP contribution in [0.5, 0.6) is 5.75 Å². The van der Waals surface area contributed by atoms with Gasteiger partial charge in [-0.05, 0) is 17.7 Å². The maximum Gasteiger partial charge on any atom is 0.338 e. The predicted octanol–water partition coefficient (Wildman–Crippen LogP) is 1.84. The number of aryl methyl sites for hydroxylation is 1. The number of carboxylic acids is 1. The van der Waals surface area contributed by atoms with Crippen LogP contribution in [0.15, 0.2) is 30.6 Å². The van der Waals surface area contributed by atoms with Gasteiger partial charge in [-0.15, -0.1) is 0 Å². The van der Waals surface area contributed by atoms with Crippen molar-refractivity contribution in [3.8, 4) is 5.75 Å². The Morgan fingerprint density at radius 3 is 2.89 bits per heavy atom. The summed E-state index contributed by atoms with van der Waals surface area (Å²) in [6, 6.07) is 3.89. The summed E-state index contributed by atoms with van der Waals surface area (Å²) in [4.78, 5) is 10.6. The van der Waals surface area contributed by atoms with Gasteiger partial charge in [0.2, 0.25) is 0 Å². The fourth-order valence-electron chi connectivity index (χ4n) is 1.46. The molecule has 0 atom stereocenters. The predicted molar refractivity (Wildman–Crippen MR) is 60.9 cm³/mol. The largest absolute Gasteiger partial charge is 0.486 e. The lowest BCUT2D eigenvalue weighted by Crippen LogP contribution is -2.02. The average molecular weight is 250 g/mol. The Hall–Kier alpha value is -2.37. The zero-order chi connectivity index (χ0) is 13.1. The van der Waals surface area contributed by atoms with Crippen LogP contribution >= 0.6 is 0 Å². The monoisotopic (exact) mass is 250 g/mol. The molecular formula is C12H11FN2O3. The van der Waals surface area contributed by atoms with Crippen LogP contribution in [0.2, 0.25) is 0 Å². The van der Waals surface area contributed by atoms with Crippen LogP contribution in [0.4, 0.5) is 4.39 Å². The summed E-state index contributed by atoms with van der Waals surface area (Å²) in [5.41, 5.74) is 0.210. The first kappa shape index (κ1) is 12.1. The van der Waals surface area contributed by atoms with Gasteiger partial charge in [-0.3, -0.25) is 4.68 Å². The Bertz CT molecular complexity index is 580. The second kappa shape index (κ2) is 4.87. The molecule has 0 aliphatic heterocycles. The van der Waals surface area contributed by atoms with Gasteiger partial charge in [-0.2, -0.15) is 5.10 Å². The lowest BCUT2D eigenvalue weighted by Gasteiger charge is -2.04. The zero-order valence-electron chi connectivity index (χ0n) is 9.63. The summed E-state index contributed by atoms with van der Waals surface area (Å²) in [6.45, 7) is 0.155. The molecular weight excluding hydrogens is 239 g/mol. The van der Waals surface area contributed by atoms with Crippen LogP contribution in [0.25, 0.3) is 0 Å². The molecule has 2 rings (SSSR count). The van der Waals surface area contributed by atoms with E-state index in [2.05, 4.69) is 5.10 Å². The lowest BCUT2D eigenvalue weighted by atomic mass is 10.1. The molecule has 0 aliphatic carbocycles. The second-order valence-corrected chi connectivity index (χ2v) is 3.76. The van der Waals surface area contributed by atoms with E-state index >= 15 is 0 Å². The highest BCUT2D eigenvalue weighted by atomic mass is 19.1. The van der Waals surface area contributed by atoms with Gasteiger partial charge in [0.05, 0.1) is 18.0 Å². The number of hydrogen-bond donors (Lipinski definition) is 1. The van der Waals surface area contributed by atoms with E-state index in [1.54, 1.807) is 24.1 Å². The van der Waals surface area contributed by atoms with Crippen molar-refractivity contribution < 1.29 is 19.0 Å². The van der Waals surface area contributed by atoms with Gasteiger partial charge in [-0.25, -0.2) is 9.18 Å². The maximum atomic E-state index is 13.4. The summed E-state index contributed by atoms with van der Waals surface area (Å²) in [7, 11) is 1.76. The topological polar surface area (TPSA) is 64.3 Å². The summed E-state index contributed by atoms with van der Waals surface area (Å²) in [6.07, 6.45) is 3.23. The minimum Gasteiger partial charge on any atom is -0.486 e. The fourth-order valence-corrected chi connectivity index (χ4v) is 1.46. The summed E-state index contributed by atoms with van der Waals surface area (Å²) < 4.78 is 20.3. The highest BCUT2D eigenvalue weighted by Crippen LogP contribution is 2.14. The van der Waals surface area contributed by atoms with E-state index < -0.39 is 11.8 Å². The minimum absolute atomic E-state index is 0.155. The van der Waals surface area contributed by atoms with Gasteiger partial charge in [0.15, 0.2) is 5.75 Å². The number of aromatic nitrogens is 2. The highest BCUT2D eigenvalue weighted by Gasteiger charge is 2.10. The fraction of sp³-hybridized carbons (Fsp3) is 0.167. The molecule has 2 aromatic rings. The Morgan fingerprint density at radius 2 is 2.33 bits per heavy atom. The average Bonchev–Trinajstić information content (AvgIpc) is 2.72. The quantitative estimate of drug-likeness (QED) is 0.899.